The number of nitrogens with two attached hydrogens (primary N) is 1. The van der Waals surface area contributed by atoms with Crippen LogP contribution in [0.25, 0.3) is 10.8 Å². The number of urea groups is 1. The highest BCUT2D eigenvalue weighted by Crippen LogP contribution is 2.29. The molecule has 2 unspecified atom stereocenters. The molecule has 1 heterocycles. The lowest BCUT2D eigenvalue weighted by Crippen LogP contribution is -2.59. The summed E-state index contributed by atoms with van der Waals surface area (Å²) in [6, 6.07) is 25.2. The van der Waals surface area contributed by atoms with Crippen LogP contribution in [-0.4, -0.2) is 50.6 Å². The van der Waals surface area contributed by atoms with Crippen LogP contribution in [0.1, 0.15) is 5.56 Å². The molecule has 8 nitrogen and oxygen atoms in total. The summed E-state index contributed by atoms with van der Waals surface area (Å²) in [4.78, 5) is 28.3. The van der Waals surface area contributed by atoms with E-state index in [9.17, 15) is 18.0 Å². The summed E-state index contributed by atoms with van der Waals surface area (Å²) in [6.07, 6.45) is -1.51. The van der Waals surface area contributed by atoms with Crippen molar-refractivity contribution in [2.24, 2.45) is 5.73 Å². The van der Waals surface area contributed by atoms with Gasteiger partial charge >= 0.3 is 6.03 Å². The van der Waals surface area contributed by atoms with Crippen LogP contribution in [0.15, 0.2) is 100 Å². The first-order chi connectivity index (χ1) is 19.1. The molecule has 4 aromatic carbocycles. The number of hydrogen-bond donors (Lipinski definition) is 1. The topological polar surface area (TPSA) is 107 Å². The third-order valence-corrected chi connectivity index (χ3v) is 9.13. The van der Waals surface area contributed by atoms with Gasteiger partial charge in [-0.15, -0.1) is 0 Å². The number of primary amides is 1. The number of amides is 3. The Balaban J connectivity index is 1.54. The molecule has 0 bridgehead atoms. The fourth-order valence-electron chi connectivity index (χ4n) is 4.92. The average molecular weight is 644 g/mol. The van der Waals surface area contributed by atoms with Gasteiger partial charge < -0.3 is 10.6 Å². The van der Waals surface area contributed by atoms with Gasteiger partial charge in [0.1, 0.15) is 19.6 Å². The summed E-state index contributed by atoms with van der Waals surface area (Å²) >= 11 is 9.46. The Labute approximate surface area is 245 Å². The quantitative estimate of drug-likeness (QED) is 0.222. The van der Waals surface area contributed by atoms with Gasteiger partial charge in [-0.25, -0.2) is 13.5 Å². The average Bonchev–Trinajstić information content (AvgIpc) is 3.06. The van der Waals surface area contributed by atoms with Crippen LogP contribution in [0, 0.1) is 0 Å². The molecule has 1 saturated heterocycles. The van der Waals surface area contributed by atoms with Crippen molar-refractivity contribution >= 4 is 66.0 Å². The Morgan fingerprint density at radius 2 is 1.68 bits per heavy atom. The molecule has 0 aliphatic carbocycles. The molecule has 1 aliphatic heterocycles. The monoisotopic (exact) mass is 642 g/mol. The maximum Gasteiger partial charge on any atom is 0.414 e. The number of carbonyl (C=O) groups excluding carboxylic acids is 2. The lowest BCUT2D eigenvalue weighted by molar-refractivity contribution is -0.862. The van der Waals surface area contributed by atoms with E-state index >= 15 is 0 Å². The van der Waals surface area contributed by atoms with Crippen LogP contribution in [0.5, 0.6) is 0 Å². The molecule has 4 aromatic rings. The van der Waals surface area contributed by atoms with Gasteiger partial charge in [-0.3, -0.25) is 4.79 Å². The second-order valence-corrected chi connectivity index (χ2v) is 12.6. The van der Waals surface area contributed by atoms with Crippen LogP contribution < -0.4 is 10.6 Å². The van der Waals surface area contributed by atoms with Crippen LogP contribution in [0.2, 0.25) is 5.02 Å². The summed E-state index contributed by atoms with van der Waals surface area (Å²) in [7, 11) is -4.42. The van der Waals surface area contributed by atoms with Gasteiger partial charge in [0, 0.05) is 20.7 Å². The molecule has 11 heteroatoms. The first-order valence-electron chi connectivity index (χ1n) is 12.5. The third kappa shape index (κ3) is 5.91. The molecule has 2 N–H and O–H groups in total. The molecule has 0 spiro atoms. The largest absolute Gasteiger partial charge is 0.414 e. The van der Waals surface area contributed by atoms with Crippen LogP contribution in [-0.2, 0) is 25.6 Å². The zero-order valence-corrected chi connectivity index (χ0v) is 24.4. The second kappa shape index (κ2) is 11.3. The molecule has 1 fully saturated rings. The van der Waals surface area contributed by atoms with Crippen molar-refractivity contribution in [2.75, 3.05) is 24.5 Å². The van der Waals surface area contributed by atoms with Crippen molar-refractivity contribution in [1.82, 2.24) is 0 Å². The number of anilines is 1. The van der Waals surface area contributed by atoms with Gasteiger partial charge in [0.2, 0.25) is 6.10 Å². The minimum absolute atomic E-state index is 0.116. The summed E-state index contributed by atoms with van der Waals surface area (Å²) in [5.74, 6) is -0.576. The standard InChI is InChI=1S/C29H25BrClN3O5S/c30-23-8-11-25(12-9-23)33-14-15-34(29(32)36,18-20-4-2-1-3-5-20)19-27(28(33)35)39-40(37,38)26-13-7-21-16-24(31)10-6-22(21)17-26/h1-13,16-17,27H,14-15,18-19H2,(H-,32,36)/p+1. The summed E-state index contributed by atoms with van der Waals surface area (Å²) in [6.45, 7) is 0.225. The molecular weight excluding hydrogens is 618 g/mol. The van der Waals surface area contributed by atoms with Gasteiger partial charge in [0.25, 0.3) is 16.0 Å². The van der Waals surface area contributed by atoms with Crippen LogP contribution in [0.4, 0.5) is 10.5 Å². The Hall–Kier alpha value is -3.28. The highest BCUT2D eigenvalue weighted by atomic mass is 79.9. The maximum absolute atomic E-state index is 13.9. The number of quaternary nitrogens is 1. The Morgan fingerprint density at radius 1 is 1.00 bits per heavy atom. The van der Waals surface area contributed by atoms with Crippen molar-refractivity contribution in [3.05, 3.63) is 106 Å². The van der Waals surface area contributed by atoms with E-state index in [1.807, 2.05) is 30.3 Å². The number of rotatable bonds is 6. The highest BCUT2D eigenvalue weighted by Gasteiger charge is 2.47. The number of nitrogens with zero attached hydrogens (tertiary/aromatic N) is 2. The molecule has 40 heavy (non-hydrogen) atoms. The van der Waals surface area contributed by atoms with Crippen molar-refractivity contribution in [1.29, 1.82) is 0 Å². The van der Waals surface area contributed by atoms with E-state index in [2.05, 4.69) is 15.9 Å². The van der Waals surface area contributed by atoms with E-state index in [1.54, 1.807) is 48.5 Å². The summed E-state index contributed by atoms with van der Waals surface area (Å²) < 4.78 is 33.2. The normalized spacial score (nSPS) is 19.9. The number of hydrogen-bond acceptors (Lipinski definition) is 5. The molecule has 1 aliphatic rings. The predicted molar refractivity (Wildman–Crippen MR) is 157 cm³/mol. The summed E-state index contributed by atoms with van der Waals surface area (Å²) in [5, 5.41) is 1.92. The third-order valence-electron chi connectivity index (χ3n) is 7.05. The Bertz CT molecular complexity index is 1690. The fourth-order valence-corrected chi connectivity index (χ4v) is 6.44. The van der Waals surface area contributed by atoms with Crippen molar-refractivity contribution in [3.63, 3.8) is 0 Å². The molecular formula is C29H26BrClN3O5S+. The van der Waals surface area contributed by atoms with Gasteiger partial charge in [-0.05, 0) is 59.3 Å². The zero-order chi connectivity index (χ0) is 28.5. The molecule has 3 amide bonds. The first kappa shape index (κ1) is 28.3. The van der Waals surface area contributed by atoms with Gasteiger partial charge in [-0.2, -0.15) is 8.42 Å². The fraction of sp³-hybridized carbons (Fsp3) is 0.172. The zero-order valence-electron chi connectivity index (χ0n) is 21.2. The molecule has 0 saturated carbocycles. The van der Waals surface area contributed by atoms with E-state index in [1.165, 1.54) is 17.0 Å². The van der Waals surface area contributed by atoms with Gasteiger partial charge in [-0.1, -0.05) is 70.0 Å². The maximum atomic E-state index is 13.9. The van der Waals surface area contributed by atoms with E-state index < -0.39 is 28.2 Å². The second-order valence-electron chi connectivity index (χ2n) is 9.69. The van der Waals surface area contributed by atoms with Crippen molar-refractivity contribution in [3.8, 4) is 0 Å². The van der Waals surface area contributed by atoms with E-state index in [0.717, 1.165) is 15.4 Å². The SMILES string of the molecule is NC(=O)[N+]1(Cc2ccccc2)CCN(c2ccc(Br)cc2)C(=O)C(OS(=O)(=O)c2ccc3cc(Cl)ccc3c2)C1. The molecule has 0 aromatic heterocycles. The smallest absolute Gasteiger partial charge is 0.319 e. The number of fused-ring (bicyclic) bond motifs is 1. The predicted octanol–water partition coefficient (Wildman–Crippen LogP) is 5.47. The molecule has 206 valence electrons. The lowest BCUT2D eigenvalue weighted by Gasteiger charge is -2.33. The van der Waals surface area contributed by atoms with E-state index in [0.29, 0.717) is 16.1 Å². The Kier molecular flexibility index (Phi) is 7.98. The van der Waals surface area contributed by atoms with E-state index in [4.69, 9.17) is 21.5 Å². The minimum Gasteiger partial charge on any atom is -0.319 e. The highest BCUT2D eigenvalue weighted by molar-refractivity contribution is 9.10. The summed E-state index contributed by atoms with van der Waals surface area (Å²) in [5.41, 5.74) is 7.33. The lowest BCUT2D eigenvalue weighted by atomic mass is 10.1. The number of halogens is 2. The van der Waals surface area contributed by atoms with Crippen molar-refractivity contribution in [2.45, 2.75) is 17.5 Å². The molecule has 0 radical (unpaired) electrons. The van der Waals surface area contributed by atoms with Gasteiger partial charge in [0.05, 0.1) is 11.4 Å². The molecule has 5 rings (SSSR count). The minimum atomic E-state index is -4.42. The van der Waals surface area contributed by atoms with Gasteiger partial charge in [0.15, 0.2) is 0 Å². The molecule has 2 atom stereocenters. The Morgan fingerprint density at radius 3 is 2.38 bits per heavy atom. The first-order valence-corrected chi connectivity index (χ1v) is 15.0. The van der Waals surface area contributed by atoms with E-state index in [-0.39, 0.29) is 35.6 Å². The van der Waals surface area contributed by atoms with Crippen LogP contribution >= 0.6 is 27.5 Å². The number of benzene rings is 4. The van der Waals surface area contributed by atoms with Crippen LogP contribution in [0.3, 0.4) is 0 Å². The number of carbonyl (C=O) groups is 2. The van der Waals surface area contributed by atoms with Crippen molar-refractivity contribution < 1.29 is 26.7 Å².